The molecule has 0 spiro atoms. The van der Waals surface area contributed by atoms with Gasteiger partial charge in [0.15, 0.2) is 23.5 Å². The van der Waals surface area contributed by atoms with Crippen LogP contribution in [0.5, 0.6) is 5.75 Å². The number of methoxy groups -OCH3 is 1. The van der Waals surface area contributed by atoms with E-state index in [1.165, 1.54) is 7.11 Å². The molecule has 0 aliphatic carbocycles. The van der Waals surface area contributed by atoms with E-state index in [9.17, 15) is 14.4 Å². The number of hydrogen-bond donors (Lipinski definition) is 3. The maximum Gasteiger partial charge on any atom is 0.272 e. The number of hydrogen-bond acceptors (Lipinski definition) is 6. The van der Waals surface area contributed by atoms with Gasteiger partial charge in [-0.2, -0.15) is 0 Å². The molecule has 2 unspecified atom stereocenters. The average Bonchev–Trinajstić information content (AvgIpc) is 3.21. The molecule has 1 amide bonds. The molecular weight excluding hydrogens is 468 g/mol. The van der Waals surface area contributed by atoms with Crippen molar-refractivity contribution in [3.63, 3.8) is 0 Å². The minimum atomic E-state index is -0.337. The van der Waals surface area contributed by atoms with E-state index in [0.29, 0.717) is 28.8 Å². The molecule has 196 valence electrons. The smallest absolute Gasteiger partial charge is 0.272 e. The number of para-hydroxylation sites is 1. The van der Waals surface area contributed by atoms with Gasteiger partial charge in [-0.3, -0.25) is 14.4 Å². The van der Waals surface area contributed by atoms with Gasteiger partial charge in [-0.1, -0.05) is 55.5 Å². The molecule has 0 aliphatic heterocycles. The molecule has 2 aromatic carbocycles. The third-order valence-corrected chi connectivity index (χ3v) is 6.51. The van der Waals surface area contributed by atoms with Crippen LogP contribution in [0.1, 0.15) is 64.3 Å². The summed E-state index contributed by atoms with van der Waals surface area (Å²) in [6, 6.07) is 16.4. The molecule has 0 saturated carbocycles. The Balaban J connectivity index is 1.92. The van der Waals surface area contributed by atoms with Crippen LogP contribution in [0.25, 0.3) is 11.3 Å². The molecule has 3 rings (SSSR count). The fraction of sp³-hybridized carbons (Fsp3) is 0.345. The number of nitrogens with one attached hydrogen (secondary N) is 2. The number of amides is 1. The van der Waals surface area contributed by atoms with E-state index in [-0.39, 0.29) is 47.3 Å². The van der Waals surface area contributed by atoms with Gasteiger partial charge in [0, 0.05) is 35.9 Å². The Bertz CT molecular complexity index is 1240. The van der Waals surface area contributed by atoms with Crippen LogP contribution in [-0.4, -0.2) is 48.3 Å². The van der Waals surface area contributed by atoms with E-state index in [1.54, 1.807) is 23.7 Å². The SMILES string of the molecule is CCC(N)CCC(C)NC(=O)c1c(OC)c(C=O)c(-c2ccccc2NCC(=O)c2ccccc2)n1C. The van der Waals surface area contributed by atoms with Gasteiger partial charge >= 0.3 is 0 Å². The fourth-order valence-corrected chi connectivity index (χ4v) is 4.35. The predicted molar refractivity (Wildman–Crippen MR) is 146 cm³/mol. The van der Waals surface area contributed by atoms with E-state index < -0.39 is 0 Å². The Morgan fingerprint density at radius 1 is 1.08 bits per heavy atom. The molecule has 0 fully saturated rings. The third kappa shape index (κ3) is 6.46. The van der Waals surface area contributed by atoms with Crippen molar-refractivity contribution in [2.45, 2.75) is 45.2 Å². The largest absolute Gasteiger partial charge is 0.494 e. The highest BCUT2D eigenvalue weighted by molar-refractivity contribution is 6.04. The van der Waals surface area contributed by atoms with Crippen molar-refractivity contribution in [3.05, 3.63) is 71.4 Å². The van der Waals surface area contributed by atoms with Crippen molar-refractivity contribution in [2.24, 2.45) is 12.8 Å². The molecule has 4 N–H and O–H groups in total. The second-order valence-electron chi connectivity index (χ2n) is 9.13. The molecule has 0 saturated heterocycles. The van der Waals surface area contributed by atoms with Crippen LogP contribution in [0.3, 0.4) is 0 Å². The van der Waals surface area contributed by atoms with Gasteiger partial charge in [-0.05, 0) is 32.3 Å². The van der Waals surface area contributed by atoms with E-state index in [2.05, 4.69) is 10.6 Å². The Morgan fingerprint density at radius 2 is 1.76 bits per heavy atom. The van der Waals surface area contributed by atoms with Crippen LogP contribution in [0, 0.1) is 0 Å². The molecule has 0 bridgehead atoms. The molecule has 2 atom stereocenters. The maximum absolute atomic E-state index is 13.3. The third-order valence-electron chi connectivity index (χ3n) is 6.51. The number of nitrogens with two attached hydrogens (primary N) is 1. The first-order valence-corrected chi connectivity index (χ1v) is 12.5. The van der Waals surface area contributed by atoms with Gasteiger partial charge in [0.1, 0.15) is 0 Å². The normalized spacial score (nSPS) is 12.5. The van der Waals surface area contributed by atoms with Crippen LogP contribution in [0.2, 0.25) is 0 Å². The highest BCUT2D eigenvalue weighted by Crippen LogP contribution is 2.38. The zero-order valence-electron chi connectivity index (χ0n) is 21.9. The average molecular weight is 505 g/mol. The van der Waals surface area contributed by atoms with Crippen LogP contribution >= 0.6 is 0 Å². The second kappa shape index (κ2) is 12.9. The first-order chi connectivity index (χ1) is 17.8. The summed E-state index contributed by atoms with van der Waals surface area (Å²) in [4.78, 5) is 38.2. The molecule has 8 nitrogen and oxygen atoms in total. The molecule has 0 radical (unpaired) electrons. The number of carbonyl (C=O) groups is 3. The number of rotatable bonds is 13. The van der Waals surface area contributed by atoms with Crippen molar-refractivity contribution in [2.75, 3.05) is 19.0 Å². The van der Waals surface area contributed by atoms with Gasteiger partial charge in [-0.15, -0.1) is 0 Å². The molecular formula is C29H36N4O4. The topological polar surface area (TPSA) is 115 Å². The number of anilines is 1. The summed E-state index contributed by atoms with van der Waals surface area (Å²) < 4.78 is 7.23. The minimum absolute atomic E-state index is 0.0627. The number of benzene rings is 2. The van der Waals surface area contributed by atoms with E-state index in [4.69, 9.17) is 10.5 Å². The van der Waals surface area contributed by atoms with E-state index in [0.717, 1.165) is 19.3 Å². The standard InChI is InChI=1S/C29H36N4O4/c1-5-21(30)16-15-19(2)32-29(36)27-28(37-4)23(18-34)26(33(27)3)22-13-9-10-14-24(22)31-17-25(35)20-11-7-6-8-12-20/h6-14,18-19,21,31H,5,15-17,30H2,1-4H3,(H,32,36). The lowest BCUT2D eigenvalue weighted by Crippen LogP contribution is -2.35. The minimum Gasteiger partial charge on any atom is -0.494 e. The summed E-state index contributed by atoms with van der Waals surface area (Å²) in [5.41, 5.74) is 9.00. The summed E-state index contributed by atoms with van der Waals surface area (Å²) >= 11 is 0. The number of aromatic nitrogens is 1. The number of nitrogens with zero attached hydrogens (tertiary/aromatic N) is 1. The molecule has 0 aliphatic rings. The van der Waals surface area contributed by atoms with Crippen molar-refractivity contribution in [3.8, 4) is 17.0 Å². The summed E-state index contributed by atoms with van der Waals surface area (Å²) in [5, 5.41) is 6.21. The van der Waals surface area contributed by atoms with Crippen molar-refractivity contribution >= 4 is 23.7 Å². The highest BCUT2D eigenvalue weighted by Gasteiger charge is 2.29. The van der Waals surface area contributed by atoms with Gasteiger partial charge in [0.2, 0.25) is 0 Å². The first kappa shape index (κ1) is 27.7. The second-order valence-corrected chi connectivity index (χ2v) is 9.13. The van der Waals surface area contributed by atoms with Crippen molar-refractivity contribution in [1.82, 2.24) is 9.88 Å². The molecule has 37 heavy (non-hydrogen) atoms. The summed E-state index contributed by atoms with van der Waals surface area (Å²) in [6.07, 6.45) is 3.11. The van der Waals surface area contributed by atoms with Crippen LogP contribution in [0.4, 0.5) is 5.69 Å². The lowest BCUT2D eigenvalue weighted by molar-refractivity contribution is 0.0925. The van der Waals surface area contributed by atoms with Crippen molar-refractivity contribution < 1.29 is 19.1 Å². The zero-order chi connectivity index (χ0) is 26.9. The molecule has 3 aromatic rings. The molecule has 1 aromatic heterocycles. The van der Waals surface area contributed by atoms with Gasteiger partial charge in [-0.25, -0.2) is 0 Å². The molecule has 8 heteroatoms. The number of carbonyl (C=O) groups excluding carboxylic acids is 3. The summed E-state index contributed by atoms with van der Waals surface area (Å²) in [6.45, 7) is 4.04. The predicted octanol–water partition coefficient (Wildman–Crippen LogP) is 4.44. The van der Waals surface area contributed by atoms with E-state index in [1.807, 2.05) is 56.3 Å². The van der Waals surface area contributed by atoms with Gasteiger partial charge in [0.05, 0.1) is 24.9 Å². The van der Waals surface area contributed by atoms with Gasteiger partial charge in [0.25, 0.3) is 5.91 Å². The quantitative estimate of drug-likeness (QED) is 0.234. The summed E-state index contributed by atoms with van der Waals surface area (Å²) in [5.74, 6) is -0.194. The monoisotopic (exact) mass is 504 g/mol. The zero-order valence-corrected chi connectivity index (χ0v) is 21.9. The number of ether oxygens (including phenoxy) is 1. The van der Waals surface area contributed by atoms with Crippen LogP contribution in [-0.2, 0) is 7.05 Å². The Kier molecular flexibility index (Phi) is 9.63. The first-order valence-electron chi connectivity index (χ1n) is 12.5. The fourth-order valence-electron chi connectivity index (χ4n) is 4.35. The van der Waals surface area contributed by atoms with E-state index >= 15 is 0 Å². The molecule has 1 heterocycles. The lowest BCUT2D eigenvalue weighted by atomic mass is 10.0. The van der Waals surface area contributed by atoms with Crippen LogP contribution < -0.4 is 21.1 Å². The van der Waals surface area contributed by atoms with Gasteiger partial charge < -0.3 is 25.7 Å². The number of Topliss-reactive ketones (excluding diaryl/α,β-unsaturated/α-hetero) is 1. The highest BCUT2D eigenvalue weighted by atomic mass is 16.5. The Labute approximate surface area is 218 Å². The number of aldehydes is 1. The van der Waals surface area contributed by atoms with Crippen LogP contribution in [0.15, 0.2) is 54.6 Å². The number of ketones is 1. The summed E-state index contributed by atoms with van der Waals surface area (Å²) in [7, 11) is 3.17. The lowest BCUT2D eigenvalue weighted by Gasteiger charge is -2.17. The maximum atomic E-state index is 13.3. The Hall–Kier alpha value is -3.91. The Morgan fingerprint density at radius 3 is 2.41 bits per heavy atom. The van der Waals surface area contributed by atoms with Crippen molar-refractivity contribution in [1.29, 1.82) is 0 Å².